The smallest absolute Gasteiger partial charge is 0.274 e. The number of para-hydroxylation sites is 1. The summed E-state index contributed by atoms with van der Waals surface area (Å²) in [7, 11) is 0. The molecule has 0 aliphatic heterocycles. The molecule has 0 unspecified atom stereocenters. The first kappa shape index (κ1) is 16.7. The molecular weight excluding hydrogens is 338 g/mol. The maximum atomic E-state index is 12.5. The van der Waals surface area contributed by atoms with Crippen LogP contribution in [-0.4, -0.2) is 16.8 Å². The first-order chi connectivity index (χ1) is 12.1. The zero-order chi connectivity index (χ0) is 17.6. The molecule has 5 nitrogen and oxygen atoms in total. The number of nitrogens with one attached hydrogen (secondary N) is 2. The van der Waals surface area contributed by atoms with Gasteiger partial charge in [-0.05, 0) is 48.5 Å². The molecule has 0 aliphatic rings. The molecule has 0 radical (unpaired) electrons. The van der Waals surface area contributed by atoms with Crippen LogP contribution < -0.4 is 10.6 Å². The molecule has 3 aromatic rings. The Labute approximate surface area is 149 Å². The maximum absolute atomic E-state index is 12.5. The maximum Gasteiger partial charge on any atom is 0.274 e. The van der Waals surface area contributed by atoms with E-state index in [1.54, 1.807) is 66.7 Å². The van der Waals surface area contributed by atoms with Crippen molar-refractivity contribution in [2.24, 2.45) is 0 Å². The third-order valence-electron chi connectivity index (χ3n) is 3.42. The lowest BCUT2D eigenvalue weighted by Crippen LogP contribution is -2.18. The number of hydrogen-bond acceptors (Lipinski definition) is 3. The largest absolute Gasteiger partial charge is 0.322 e. The van der Waals surface area contributed by atoms with Gasteiger partial charge < -0.3 is 10.6 Å². The molecule has 0 spiro atoms. The second-order valence-electron chi connectivity index (χ2n) is 5.18. The van der Waals surface area contributed by atoms with Crippen LogP contribution in [0.3, 0.4) is 0 Å². The van der Waals surface area contributed by atoms with Gasteiger partial charge in [-0.15, -0.1) is 0 Å². The first-order valence-electron chi connectivity index (χ1n) is 7.52. The number of hydrogen-bond donors (Lipinski definition) is 2. The molecule has 124 valence electrons. The van der Waals surface area contributed by atoms with Gasteiger partial charge in [-0.1, -0.05) is 29.8 Å². The highest BCUT2D eigenvalue weighted by Gasteiger charge is 2.14. The molecule has 2 N–H and O–H groups in total. The number of carbonyl (C=O) groups excluding carboxylic acids is 2. The Kier molecular flexibility index (Phi) is 5.06. The Balaban J connectivity index is 1.79. The zero-order valence-electron chi connectivity index (χ0n) is 13.1. The lowest BCUT2D eigenvalue weighted by molar-refractivity contribution is 0.102. The molecule has 25 heavy (non-hydrogen) atoms. The summed E-state index contributed by atoms with van der Waals surface area (Å²) < 4.78 is 0. The number of rotatable bonds is 4. The fourth-order valence-electron chi connectivity index (χ4n) is 2.21. The number of anilines is 2. The molecule has 0 aliphatic carbocycles. The molecule has 2 aromatic carbocycles. The quantitative estimate of drug-likeness (QED) is 0.738. The van der Waals surface area contributed by atoms with Crippen molar-refractivity contribution in [3.05, 3.63) is 89.2 Å². The van der Waals surface area contributed by atoms with Crippen molar-refractivity contribution >= 4 is 34.8 Å². The van der Waals surface area contributed by atoms with Crippen molar-refractivity contribution in [1.82, 2.24) is 4.98 Å². The van der Waals surface area contributed by atoms with Crippen molar-refractivity contribution in [1.29, 1.82) is 0 Å². The van der Waals surface area contributed by atoms with Gasteiger partial charge in [0.2, 0.25) is 0 Å². The standard InChI is InChI=1S/C19H14ClN3O2/c20-13-8-10-14(11-9-13)22-18(24)15-5-1-2-6-16(15)23-19(25)17-7-3-4-12-21-17/h1-12H,(H,22,24)(H,23,25). The summed E-state index contributed by atoms with van der Waals surface area (Å²) in [6, 6.07) is 18.6. The van der Waals surface area contributed by atoms with E-state index in [1.807, 2.05) is 0 Å². The van der Waals surface area contributed by atoms with Crippen LogP contribution in [0.15, 0.2) is 72.9 Å². The Morgan fingerprint density at radius 3 is 2.24 bits per heavy atom. The highest BCUT2D eigenvalue weighted by atomic mass is 35.5. The van der Waals surface area contributed by atoms with E-state index in [4.69, 9.17) is 11.6 Å². The monoisotopic (exact) mass is 351 g/mol. The van der Waals surface area contributed by atoms with Crippen LogP contribution in [-0.2, 0) is 0 Å². The number of benzene rings is 2. The van der Waals surface area contributed by atoms with Gasteiger partial charge in [0.05, 0.1) is 11.3 Å². The number of carbonyl (C=O) groups is 2. The minimum atomic E-state index is -0.382. The summed E-state index contributed by atoms with van der Waals surface area (Å²) in [4.78, 5) is 28.8. The fourth-order valence-corrected chi connectivity index (χ4v) is 2.33. The Morgan fingerprint density at radius 2 is 1.52 bits per heavy atom. The van der Waals surface area contributed by atoms with E-state index in [0.717, 1.165) is 0 Å². The third kappa shape index (κ3) is 4.22. The van der Waals surface area contributed by atoms with Crippen molar-refractivity contribution in [2.75, 3.05) is 10.6 Å². The Hall–Kier alpha value is -3.18. The van der Waals surface area contributed by atoms with Gasteiger partial charge in [0.1, 0.15) is 5.69 Å². The summed E-state index contributed by atoms with van der Waals surface area (Å²) in [6.07, 6.45) is 1.54. The number of nitrogens with zero attached hydrogens (tertiary/aromatic N) is 1. The van der Waals surface area contributed by atoms with E-state index < -0.39 is 0 Å². The molecule has 1 aromatic heterocycles. The number of amides is 2. The highest BCUT2D eigenvalue weighted by Crippen LogP contribution is 2.19. The molecule has 2 amide bonds. The van der Waals surface area contributed by atoms with Crippen LogP contribution in [0, 0.1) is 0 Å². The third-order valence-corrected chi connectivity index (χ3v) is 3.67. The van der Waals surface area contributed by atoms with E-state index in [0.29, 0.717) is 22.0 Å². The number of aromatic nitrogens is 1. The van der Waals surface area contributed by atoms with E-state index in [9.17, 15) is 9.59 Å². The van der Waals surface area contributed by atoms with Crippen LogP contribution in [0.4, 0.5) is 11.4 Å². The Bertz CT molecular complexity index is 896. The van der Waals surface area contributed by atoms with Crippen molar-refractivity contribution in [3.8, 4) is 0 Å². The minimum absolute atomic E-state index is 0.274. The molecule has 0 saturated carbocycles. The Morgan fingerprint density at radius 1 is 0.800 bits per heavy atom. The SMILES string of the molecule is O=C(Nc1ccccc1C(=O)Nc1ccc(Cl)cc1)c1ccccn1. The second kappa shape index (κ2) is 7.59. The summed E-state index contributed by atoms with van der Waals surface area (Å²) in [6.45, 7) is 0. The van der Waals surface area contributed by atoms with Gasteiger partial charge in [0.15, 0.2) is 0 Å². The van der Waals surface area contributed by atoms with Crippen LogP contribution in [0.1, 0.15) is 20.8 Å². The topological polar surface area (TPSA) is 71.1 Å². The average Bonchev–Trinajstić information content (AvgIpc) is 2.64. The highest BCUT2D eigenvalue weighted by molar-refractivity contribution is 6.30. The fraction of sp³-hybridized carbons (Fsp3) is 0. The van der Waals surface area contributed by atoms with Crippen molar-refractivity contribution in [3.63, 3.8) is 0 Å². The predicted molar refractivity (Wildman–Crippen MR) is 98.0 cm³/mol. The predicted octanol–water partition coefficient (Wildman–Crippen LogP) is 4.24. The van der Waals surface area contributed by atoms with Crippen molar-refractivity contribution in [2.45, 2.75) is 0 Å². The summed E-state index contributed by atoms with van der Waals surface area (Å²) in [5, 5.41) is 6.08. The van der Waals surface area contributed by atoms with E-state index in [-0.39, 0.29) is 17.5 Å². The average molecular weight is 352 g/mol. The van der Waals surface area contributed by atoms with E-state index in [2.05, 4.69) is 15.6 Å². The summed E-state index contributed by atoms with van der Waals surface area (Å²) in [5.74, 6) is -0.716. The minimum Gasteiger partial charge on any atom is -0.322 e. The molecular formula is C19H14ClN3O2. The number of pyridine rings is 1. The molecule has 3 rings (SSSR count). The lowest BCUT2D eigenvalue weighted by atomic mass is 10.1. The van der Waals surface area contributed by atoms with Crippen molar-refractivity contribution < 1.29 is 9.59 Å². The number of halogens is 1. The van der Waals surface area contributed by atoms with Crippen LogP contribution >= 0.6 is 11.6 Å². The summed E-state index contributed by atoms with van der Waals surface area (Å²) in [5.41, 5.74) is 1.64. The van der Waals surface area contributed by atoms with Gasteiger partial charge in [-0.3, -0.25) is 14.6 Å². The molecule has 0 saturated heterocycles. The summed E-state index contributed by atoms with van der Waals surface area (Å²) >= 11 is 5.84. The zero-order valence-corrected chi connectivity index (χ0v) is 13.8. The van der Waals surface area contributed by atoms with Gasteiger partial charge in [-0.25, -0.2) is 0 Å². The normalized spacial score (nSPS) is 10.1. The van der Waals surface area contributed by atoms with E-state index in [1.165, 1.54) is 6.20 Å². The van der Waals surface area contributed by atoms with Crippen LogP contribution in [0.5, 0.6) is 0 Å². The molecule has 6 heteroatoms. The lowest BCUT2D eigenvalue weighted by Gasteiger charge is -2.11. The van der Waals surface area contributed by atoms with Gasteiger partial charge in [-0.2, -0.15) is 0 Å². The molecule has 0 fully saturated rings. The van der Waals surface area contributed by atoms with Gasteiger partial charge >= 0.3 is 0 Å². The first-order valence-corrected chi connectivity index (χ1v) is 7.89. The van der Waals surface area contributed by atoms with Gasteiger partial charge in [0, 0.05) is 16.9 Å². The molecule has 0 bridgehead atoms. The van der Waals surface area contributed by atoms with E-state index >= 15 is 0 Å². The molecule has 1 heterocycles. The second-order valence-corrected chi connectivity index (χ2v) is 5.61. The van der Waals surface area contributed by atoms with Gasteiger partial charge in [0.25, 0.3) is 11.8 Å². The van der Waals surface area contributed by atoms with Crippen LogP contribution in [0.25, 0.3) is 0 Å². The van der Waals surface area contributed by atoms with Crippen LogP contribution in [0.2, 0.25) is 5.02 Å². The molecule has 0 atom stereocenters.